The number of terminal acetylenes is 1. The molecule has 0 aromatic carbocycles. The standard InChI is InChI=1S/C3H3Br.Mg.2H/c1-2-3-4;;;/h1H,3H2;;;/q;+2;2*-1. The van der Waals surface area contributed by atoms with Gasteiger partial charge in [0.2, 0.25) is 0 Å². The second-order valence-electron chi connectivity index (χ2n) is 0.338. The molecule has 0 saturated carbocycles. The van der Waals surface area contributed by atoms with Crippen molar-refractivity contribution < 1.29 is 2.85 Å². The Morgan fingerprint density at radius 2 is 2.20 bits per heavy atom. The minimum Gasteiger partial charge on any atom is -1.00 e. The normalized spacial score (nSPS) is 4.00. The maximum Gasteiger partial charge on any atom is 2.00 e. The first-order valence-corrected chi connectivity index (χ1v) is 2.03. The minimum absolute atomic E-state index is 0. The summed E-state index contributed by atoms with van der Waals surface area (Å²) >= 11 is 3.01. The summed E-state index contributed by atoms with van der Waals surface area (Å²) in [7, 11) is 0. The van der Waals surface area contributed by atoms with Crippen LogP contribution >= 0.6 is 15.9 Å². The second-order valence-corrected chi connectivity index (χ2v) is 0.898. The number of halogens is 1. The molecule has 0 aromatic heterocycles. The topological polar surface area (TPSA) is 0 Å². The maximum atomic E-state index is 4.73. The third-order valence-corrected chi connectivity index (χ3v) is 0.401. The van der Waals surface area contributed by atoms with Gasteiger partial charge in [-0.05, 0) is 0 Å². The largest absolute Gasteiger partial charge is 2.00 e. The van der Waals surface area contributed by atoms with Gasteiger partial charge in [-0.3, -0.25) is 0 Å². The van der Waals surface area contributed by atoms with E-state index < -0.39 is 0 Å². The number of hydrogen-bond donors (Lipinski definition) is 0. The maximum absolute atomic E-state index is 4.73. The van der Waals surface area contributed by atoms with Crippen LogP contribution < -0.4 is 0 Å². The molecule has 0 saturated heterocycles. The summed E-state index contributed by atoms with van der Waals surface area (Å²) in [6, 6.07) is 0. The summed E-state index contributed by atoms with van der Waals surface area (Å²) in [6.07, 6.45) is 4.73. The van der Waals surface area contributed by atoms with Gasteiger partial charge in [-0.2, -0.15) is 0 Å². The van der Waals surface area contributed by atoms with Crippen LogP contribution in [-0.2, 0) is 0 Å². The molecule has 0 fully saturated rings. The van der Waals surface area contributed by atoms with Crippen LogP contribution in [0.1, 0.15) is 2.85 Å². The summed E-state index contributed by atoms with van der Waals surface area (Å²) in [5, 5.41) is 0.660. The third-order valence-electron chi connectivity index (χ3n) is 0.0772. The van der Waals surface area contributed by atoms with Crippen LogP contribution in [0.2, 0.25) is 0 Å². The average molecular weight is 145 g/mol. The van der Waals surface area contributed by atoms with Gasteiger partial charge in [0.25, 0.3) is 0 Å². The van der Waals surface area contributed by atoms with Crippen molar-refractivity contribution in [1.82, 2.24) is 0 Å². The summed E-state index contributed by atoms with van der Waals surface area (Å²) in [5.74, 6) is 2.35. The first kappa shape index (κ1) is 9.26. The van der Waals surface area contributed by atoms with Crippen LogP contribution in [0.4, 0.5) is 0 Å². The van der Waals surface area contributed by atoms with Gasteiger partial charge >= 0.3 is 23.1 Å². The van der Waals surface area contributed by atoms with E-state index in [0.717, 1.165) is 0 Å². The molecule has 0 unspecified atom stereocenters. The van der Waals surface area contributed by atoms with E-state index in [1.165, 1.54) is 0 Å². The molecule has 0 amide bonds. The van der Waals surface area contributed by atoms with Crippen LogP contribution in [0, 0.1) is 12.3 Å². The van der Waals surface area contributed by atoms with E-state index in [9.17, 15) is 0 Å². The fourth-order valence-electron chi connectivity index (χ4n) is 0. The second kappa shape index (κ2) is 8.84. The Morgan fingerprint density at radius 1 is 2.00 bits per heavy atom. The molecule has 0 aliphatic rings. The summed E-state index contributed by atoms with van der Waals surface area (Å²) in [6.45, 7) is 0. The monoisotopic (exact) mass is 144 g/mol. The van der Waals surface area contributed by atoms with E-state index in [1.54, 1.807) is 0 Å². The summed E-state index contributed by atoms with van der Waals surface area (Å²) < 4.78 is 0. The molecule has 26 valence electrons. The van der Waals surface area contributed by atoms with Gasteiger partial charge in [0.1, 0.15) is 0 Å². The van der Waals surface area contributed by atoms with Crippen molar-refractivity contribution in [3.8, 4) is 12.3 Å². The molecule has 0 nitrogen and oxygen atoms in total. The first-order chi connectivity index (χ1) is 1.91. The van der Waals surface area contributed by atoms with Crippen molar-refractivity contribution in [1.29, 1.82) is 0 Å². The van der Waals surface area contributed by atoms with Gasteiger partial charge in [-0.25, -0.2) is 0 Å². The Labute approximate surface area is 59.6 Å². The predicted molar refractivity (Wildman–Crippen MR) is 30.6 cm³/mol. The van der Waals surface area contributed by atoms with Crippen molar-refractivity contribution in [3.63, 3.8) is 0 Å². The zero-order valence-corrected chi connectivity index (χ0v) is 5.87. The van der Waals surface area contributed by atoms with E-state index in [-0.39, 0.29) is 25.9 Å². The van der Waals surface area contributed by atoms with Crippen molar-refractivity contribution in [2.75, 3.05) is 5.33 Å². The van der Waals surface area contributed by atoms with Crippen molar-refractivity contribution >= 4 is 39.0 Å². The zero-order chi connectivity index (χ0) is 3.41. The molecular weight excluding hydrogens is 140 g/mol. The van der Waals surface area contributed by atoms with Gasteiger partial charge in [0.05, 0.1) is 5.33 Å². The smallest absolute Gasteiger partial charge is 1.00 e. The molecule has 0 aromatic rings. The molecule has 0 atom stereocenters. The molecule has 0 rings (SSSR count). The van der Waals surface area contributed by atoms with Gasteiger partial charge < -0.3 is 2.85 Å². The Hall–Kier alpha value is 0.806. The Morgan fingerprint density at radius 3 is 2.20 bits per heavy atom. The molecule has 0 spiro atoms. The minimum atomic E-state index is 0. The van der Waals surface area contributed by atoms with E-state index in [4.69, 9.17) is 6.42 Å². The summed E-state index contributed by atoms with van der Waals surface area (Å²) in [4.78, 5) is 0. The summed E-state index contributed by atoms with van der Waals surface area (Å²) in [5.41, 5.74) is 0. The van der Waals surface area contributed by atoms with Crippen LogP contribution in [0.25, 0.3) is 0 Å². The predicted octanol–water partition coefficient (Wildman–Crippen LogP) is 0.859. The van der Waals surface area contributed by atoms with Crippen LogP contribution in [-0.4, -0.2) is 28.4 Å². The molecule has 0 aliphatic heterocycles. The van der Waals surface area contributed by atoms with Crippen LogP contribution in [0.5, 0.6) is 0 Å². The van der Waals surface area contributed by atoms with Gasteiger partial charge in [0.15, 0.2) is 0 Å². The van der Waals surface area contributed by atoms with Gasteiger partial charge in [-0.15, -0.1) is 6.42 Å². The Balaban J connectivity index is -0.0000000150. The number of hydrogen-bond acceptors (Lipinski definition) is 0. The van der Waals surface area contributed by atoms with Gasteiger partial charge in [-0.1, -0.05) is 21.9 Å². The van der Waals surface area contributed by atoms with Crippen molar-refractivity contribution in [3.05, 3.63) is 0 Å². The fourth-order valence-corrected chi connectivity index (χ4v) is 0. The molecular formula is C3H5BrMg. The molecule has 0 heterocycles. The molecule has 0 aliphatic carbocycles. The Bertz CT molecular complexity index is 42.7. The number of rotatable bonds is 0. The first-order valence-electron chi connectivity index (χ1n) is 0.909. The molecule has 2 heteroatoms. The molecule has 5 heavy (non-hydrogen) atoms. The SMILES string of the molecule is C#CCBr.[H-].[H-].[Mg+2]. The number of alkyl halides is 1. The van der Waals surface area contributed by atoms with E-state index in [2.05, 4.69) is 21.9 Å². The van der Waals surface area contributed by atoms with E-state index in [1.807, 2.05) is 0 Å². The van der Waals surface area contributed by atoms with Crippen molar-refractivity contribution in [2.45, 2.75) is 0 Å². The van der Waals surface area contributed by atoms with Crippen molar-refractivity contribution in [2.24, 2.45) is 0 Å². The average Bonchev–Trinajstić information content (AvgIpc) is 1.37. The van der Waals surface area contributed by atoms with E-state index >= 15 is 0 Å². The van der Waals surface area contributed by atoms with Gasteiger partial charge in [0, 0.05) is 0 Å². The Kier molecular flexibility index (Phi) is 16.4. The van der Waals surface area contributed by atoms with Crippen LogP contribution in [0.3, 0.4) is 0 Å². The van der Waals surface area contributed by atoms with Crippen LogP contribution in [0.15, 0.2) is 0 Å². The van der Waals surface area contributed by atoms with E-state index in [0.29, 0.717) is 5.33 Å². The molecule has 0 radical (unpaired) electrons. The quantitative estimate of drug-likeness (QED) is 0.269. The fraction of sp³-hybridized carbons (Fsp3) is 0.333. The molecule has 0 N–H and O–H groups in total. The molecule has 0 bridgehead atoms. The third kappa shape index (κ3) is 11.6. The zero-order valence-electron chi connectivity index (χ0n) is 4.87.